The molecule has 21 heavy (non-hydrogen) atoms. The Morgan fingerprint density at radius 1 is 1.48 bits per heavy atom. The second-order valence-corrected chi connectivity index (χ2v) is 4.61. The van der Waals surface area contributed by atoms with E-state index in [0.717, 1.165) is 11.3 Å². The van der Waals surface area contributed by atoms with E-state index in [4.69, 9.17) is 4.74 Å². The van der Waals surface area contributed by atoms with Crippen LogP contribution in [0.5, 0.6) is 5.75 Å². The highest BCUT2D eigenvalue weighted by molar-refractivity contribution is 5.75. The van der Waals surface area contributed by atoms with Crippen molar-refractivity contribution in [2.75, 3.05) is 7.11 Å². The van der Waals surface area contributed by atoms with Crippen LogP contribution in [0.3, 0.4) is 0 Å². The van der Waals surface area contributed by atoms with Crippen LogP contribution in [0.25, 0.3) is 0 Å². The lowest BCUT2D eigenvalue weighted by molar-refractivity contribution is -0.122. The van der Waals surface area contributed by atoms with E-state index in [1.165, 1.54) is 4.68 Å². The Bertz CT molecular complexity index is 610. The van der Waals surface area contributed by atoms with Crippen molar-refractivity contribution in [1.29, 1.82) is 0 Å². The highest BCUT2D eigenvalue weighted by Crippen LogP contribution is 2.16. The largest absolute Gasteiger partial charge is 0.496 e. The number of benzene rings is 1. The summed E-state index contributed by atoms with van der Waals surface area (Å²) in [6, 6.07) is 7.49. The predicted octanol–water partition coefficient (Wildman–Crippen LogP) is 0.656. The number of aliphatic hydroxyl groups is 1. The molecule has 0 saturated carbocycles. The summed E-state index contributed by atoms with van der Waals surface area (Å²) in [6.07, 6.45) is 0.850. The lowest BCUT2D eigenvalue weighted by Gasteiger charge is -2.09. The maximum absolute atomic E-state index is 11.9. The van der Waals surface area contributed by atoms with Gasteiger partial charge < -0.3 is 15.2 Å². The van der Waals surface area contributed by atoms with E-state index in [9.17, 15) is 9.90 Å². The zero-order chi connectivity index (χ0) is 15.2. The van der Waals surface area contributed by atoms with Gasteiger partial charge in [-0.1, -0.05) is 23.4 Å². The molecule has 7 heteroatoms. The average Bonchev–Trinajstić information content (AvgIpc) is 2.94. The van der Waals surface area contributed by atoms with Gasteiger partial charge >= 0.3 is 0 Å². The van der Waals surface area contributed by atoms with E-state index < -0.39 is 6.10 Å². The van der Waals surface area contributed by atoms with Crippen LogP contribution in [-0.4, -0.2) is 33.1 Å². The van der Waals surface area contributed by atoms with Gasteiger partial charge in [-0.3, -0.25) is 4.79 Å². The Balaban J connectivity index is 1.89. The highest BCUT2D eigenvalue weighted by atomic mass is 16.5. The predicted molar refractivity (Wildman–Crippen MR) is 75.5 cm³/mol. The highest BCUT2D eigenvalue weighted by Gasteiger charge is 2.10. The Labute approximate surface area is 122 Å². The SMILES string of the molecule is COc1ccccc1CNC(=O)Cn1cc(C(C)O)nn1. The number of aliphatic hydroxyl groups excluding tert-OH is 1. The lowest BCUT2D eigenvalue weighted by Crippen LogP contribution is -2.27. The first-order valence-electron chi connectivity index (χ1n) is 6.57. The molecule has 112 valence electrons. The number of carbonyl (C=O) groups is 1. The van der Waals surface area contributed by atoms with Crippen LogP contribution >= 0.6 is 0 Å². The zero-order valence-corrected chi connectivity index (χ0v) is 12.0. The number of amides is 1. The Kier molecular flexibility index (Phi) is 4.89. The third kappa shape index (κ3) is 4.03. The van der Waals surface area contributed by atoms with Crippen LogP contribution in [-0.2, 0) is 17.9 Å². The maximum atomic E-state index is 11.9. The molecule has 2 aromatic rings. The minimum absolute atomic E-state index is 0.0505. The fourth-order valence-corrected chi connectivity index (χ4v) is 1.83. The van der Waals surface area contributed by atoms with Crippen LogP contribution in [0.15, 0.2) is 30.5 Å². The van der Waals surface area contributed by atoms with E-state index in [0.29, 0.717) is 12.2 Å². The van der Waals surface area contributed by atoms with Crippen LogP contribution < -0.4 is 10.1 Å². The molecule has 2 rings (SSSR count). The fraction of sp³-hybridized carbons (Fsp3) is 0.357. The van der Waals surface area contributed by atoms with Gasteiger partial charge in [0, 0.05) is 12.1 Å². The summed E-state index contributed by atoms with van der Waals surface area (Å²) in [7, 11) is 1.59. The van der Waals surface area contributed by atoms with Gasteiger partial charge in [0.05, 0.1) is 19.4 Å². The van der Waals surface area contributed by atoms with Gasteiger partial charge in [0.1, 0.15) is 18.0 Å². The van der Waals surface area contributed by atoms with E-state index in [1.807, 2.05) is 24.3 Å². The lowest BCUT2D eigenvalue weighted by atomic mass is 10.2. The van der Waals surface area contributed by atoms with Crippen LogP contribution in [0.4, 0.5) is 0 Å². The molecule has 0 aliphatic carbocycles. The smallest absolute Gasteiger partial charge is 0.242 e. The monoisotopic (exact) mass is 290 g/mol. The van der Waals surface area contributed by atoms with Gasteiger partial charge in [0.2, 0.25) is 5.91 Å². The number of hydrogen-bond donors (Lipinski definition) is 2. The first kappa shape index (κ1) is 15.0. The Morgan fingerprint density at radius 2 is 2.24 bits per heavy atom. The normalized spacial score (nSPS) is 12.0. The summed E-state index contributed by atoms with van der Waals surface area (Å²) in [5, 5.41) is 19.7. The number of nitrogens with zero attached hydrogens (tertiary/aromatic N) is 3. The molecule has 2 N–H and O–H groups in total. The third-order valence-corrected chi connectivity index (χ3v) is 2.96. The first-order valence-corrected chi connectivity index (χ1v) is 6.57. The van der Waals surface area contributed by atoms with Crippen molar-refractivity contribution in [2.45, 2.75) is 26.1 Å². The molecule has 0 spiro atoms. The third-order valence-electron chi connectivity index (χ3n) is 2.96. The molecule has 1 amide bonds. The maximum Gasteiger partial charge on any atom is 0.242 e. The number of carbonyl (C=O) groups excluding carboxylic acids is 1. The fourth-order valence-electron chi connectivity index (χ4n) is 1.83. The van der Waals surface area contributed by atoms with Crippen molar-refractivity contribution in [2.24, 2.45) is 0 Å². The van der Waals surface area contributed by atoms with Crippen LogP contribution in [0, 0.1) is 0 Å². The van der Waals surface area contributed by atoms with Gasteiger partial charge in [-0.15, -0.1) is 5.10 Å². The molecule has 0 aliphatic heterocycles. The van der Waals surface area contributed by atoms with Gasteiger partial charge in [-0.05, 0) is 13.0 Å². The van der Waals surface area contributed by atoms with Crippen LogP contribution in [0.2, 0.25) is 0 Å². The number of aromatic nitrogens is 3. The summed E-state index contributed by atoms with van der Waals surface area (Å²) in [6.45, 7) is 2.02. The van der Waals surface area contributed by atoms with E-state index in [-0.39, 0.29) is 12.5 Å². The van der Waals surface area contributed by atoms with E-state index in [1.54, 1.807) is 20.2 Å². The molecule has 0 aliphatic rings. The van der Waals surface area contributed by atoms with Gasteiger partial charge in [0.15, 0.2) is 0 Å². The van der Waals surface area contributed by atoms with E-state index in [2.05, 4.69) is 15.6 Å². The summed E-state index contributed by atoms with van der Waals surface area (Å²) in [4.78, 5) is 11.9. The molecule has 1 unspecified atom stereocenters. The molecule has 1 aromatic heterocycles. The molecule has 7 nitrogen and oxygen atoms in total. The summed E-state index contributed by atoms with van der Waals surface area (Å²) >= 11 is 0. The molecule has 1 atom stereocenters. The molecule has 0 radical (unpaired) electrons. The second kappa shape index (κ2) is 6.85. The standard InChI is InChI=1S/C14H18N4O3/c1-10(19)12-8-18(17-16-12)9-14(20)15-7-11-5-3-4-6-13(11)21-2/h3-6,8,10,19H,7,9H2,1-2H3,(H,15,20). The number of para-hydroxylation sites is 1. The second-order valence-electron chi connectivity index (χ2n) is 4.61. The zero-order valence-electron chi connectivity index (χ0n) is 12.0. The van der Waals surface area contributed by atoms with Crippen LogP contribution in [0.1, 0.15) is 24.3 Å². The molecule has 1 aromatic carbocycles. The Morgan fingerprint density at radius 3 is 2.90 bits per heavy atom. The minimum atomic E-state index is -0.699. The topological polar surface area (TPSA) is 89.3 Å². The number of hydrogen-bond acceptors (Lipinski definition) is 5. The average molecular weight is 290 g/mol. The van der Waals surface area contributed by atoms with Crippen molar-refractivity contribution in [3.05, 3.63) is 41.7 Å². The van der Waals surface area contributed by atoms with E-state index >= 15 is 0 Å². The van der Waals surface area contributed by atoms with Crippen molar-refractivity contribution in [3.63, 3.8) is 0 Å². The molecular formula is C14H18N4O3. The van der Waals surface area contributed by atoms with Gasteiger partial charge in [-0.2, -0.15) is 0 Å². The van der Waals surface area contributed by atoms with Gasteiger partial charge in [0.25, 0.3) is 0 Å². The first-order chi connectivity index (χ1) is 10.1. The summed E-state index contributed by atoms with van der Waals surface area (Å²) < 4.78 is 6.61. The molecule has 0 bridgehead atoms. The molecular weight excluding hydrogens is 272 g/mol. The molecule has 0 saturated heterocycles. The van der Waals surface area contributed by atoms with Crippen molar-refractivity contribution < 1.29 is 14.6 Å². The van der Waals surface area contributed by atoms with Crippen molar-refractivity contribution in [3.8, 4) is 5.75 Å². The summed E-state index contributed by atoms with van der Waals surface area (Å²) in [5.74, 6) is 0.540. The quantitative estimate of drug-likeness (QED) is 0.815. The number of rotatable bonds is 6. The minimum Gasteiger partial charge on any atom is -0.496 e. The molecule has 0 fully saturated rings. The number of nitrogens with one attached hydrogen (secondary N) is 1. The van der Waals surface area contributed by atoms with Gasteiger partial charge in [-0.25, -0.2) is 4.68 Å². The van der Waals surface area contributed by atoms with Crippen molar-refractivity contribution in [1.82, 2.24) is 20.3 Å². The van der Waals surface area contributed by atoms with Crippen molar-refractivity contribution >= 4 is 5.91 Å². The molecule has 1 heterocycles. The summed E-state index contributed by atoms with van der Waals surface area (Å²) in [5.41, 5.74) is 1.34. The number of methoxy groups -OCH3 is 1. The number of ether oxygens (including phenoxy) is 1. The Hall–Kier alpha value is -2.41.